The molecule has 1 saturated heterocycles. The first-order valence-corrected chi connectivity index (χ1v) is 4.11. The molecule has 1 spiro atoms. The van der Waals surface area contributed by atoms with Crippen LogP contribution in [0.2, 0.25) is 0 Å². The SMILES string of the molecule is CC(CO)N1CC2(CC2)C1. The number of aliphatic hydroxyl groups excluding tert-OH is 1. The standard InChI is InChI=1S/C8H15NO/c1-7(4-10)9-5-8(6-9)2-3-8/h7,10H,2-6H2,1H3. The van der Waals surface area contributed by atoms with Crippen molar-refractivity contribution in [2.45, 2.75) is 25.8 Å². The highest BCUT2D eigenvalue weighted by Gasteiger charge is 2.52. The molecule has 0 aromatic heterocycles. The van der Waals surface area contributed by atoms with E-state index in [4.69, 9.17) is 5.11 Å². The Labute approximate surface area is 61.8 Å². The third-order valence-corrected chi connectivity index (χ3v) is 2.92. The lowest BCUT2D eigenvalue weighted by atomic mass is 9.95. The number of hydrogen-bond acceptors (Lipinski definition) is 2. The van der Waals surface area contributed by atoms with E-state index in [1.807, 2.05) is 0 Å². The summed E-state index contributed by atoms with van der Waals surface area (Å²) in [7, 11) is 0. The van der Waals surface area contributed by atoms with Crippen LogP contribution in [0, 0.1) is 5.41 Å². The first kappa shape index (κ1) is 6.62. The summed E-state index contributed by atoms with van der Waals surface area (Å²) >= 11 is 0. The molecule has 1 N–H and O–H groups in total. The van der Waals surface area contributed by atoms with Gasteiger partial charge in [0, 0.05) is 19.1 Å². The fourth-order valence-electron chi connectivity index (χ4n) is 1.74. The second kappa shape index (κ2) is 1.95. The van der Waals surface area contributed by atoms with Crippen LogP contribution in [0.3, 0.4) is 0 Å². The Kier molecular flexibility index (Phi) is 1.29. The van der Waals surface area contributed by atoms with Crippen molar-refractivity contribution >= 4 is 0 Å². The molecular weight excluding hydrogens is 126 g/mol. The van der Waals surface area contributed by atoms with Gasteiger partial charge in [-0.2, -0.15) is 0 Å². The highest BCUT2D eigenvalue weighted by Crippen LogP contribution is 2.53. The van der Waals surface area contributed by atoms with Crippen LogP contribution in [-0.4, -0.2) is 35.7 Å². The van der Waals surface area contributed by atoms with Gasteiger partial charge >= 0.3 is 0 Å². The van der Waals surface area contributed by atoms with E-state index in [1.165, 1.54) is 25.9 Å². The quantitative estimate of drug-likeness (QED) is 0.604. The Hall–Kier alpha value is -0.0800. The molecular formula is C8H15NO. The van der Waals surface area contributed by atoms with E-state index in [0.717, 1.165) is 5.41 Å². The molecule has 0 radical (unpaired) electrons. The van der Waals surface area contributed by atoms with Crippen LogP contribution < -0.4 is 0 Å². The molecule has 2 heteroatoms. The molecule has 1 saturated carbocycles. The molecule has 1 heterocycles. The van der Waals surface area contributed by atoms with Gasteiger partial charge in [-0.15, -0.1) is 0 Å². The number of hydrogen-bond donors (Lipinski definition) is 1. The normalized spacial score (nSPS) is 31.8. The Morgan fingerprint density at radius 3 is 2.50 bits per heavy atom. The second-order valence-electron chi connectivity index (χ2n) is 3.94. The molecule has 0 aromatic rings. The minimum atomic E-state index is 0.316. The lowest BCUT2D eigenvalue weighted by Gasteiger charge is -2.43. The largest absolute Gasteiger partial charge is 0.395 e. The number of nitrogens with zero attached hydrogens (tertiary/aromatic N) is 1. The lowest BCUT2D eigenvalue weighted by molar-refractivity contribution is 0.0188. The number of rotatable bonds is 2. The summed E-state index contributed by atoms with van der Waals surface area (Å²) in [6.45, 7) is 4.90. The summed E-state index contributed by atoms with van der Waals surface area (Å²) in [5.74, 6) is 0. The predicted octanol–water partition coefficient (Wildman–Crippen LogP) is 0.463. The molecule has 0 amide bonds. The zero-order chi connectivity index (χ0) is 7.19. The van der Waals surface area contributed by atoms with Crippen LogP contribution >= 0.6 is 0 Å². The summed E-state index contributed by atoms with van der Waals surface area (Å²) < 4.78 is 0. The van der Waals surface area contributed by atoms with Crippen molar-refractivity contribution in [3.05, 3.63) is 0 Å². The third kappa shape index (κ3) is 0.867. The topological polar surface area (TPSA) is 23.5 Å². The van der Waals surface area contributed by atoms with Crippen molar-refractivity contribution in [1.29, 1.82) is 0 Å². The summed E-state index contributed by atoms with van der Waals surface area (Å²) in [6.07, 6.45) is 2.86. The van der Waals surface area contributed by atoms with Crippen molar-refractivity contribution in [2.24, 2.45) is 5.41 Å². The Balaban J connectivity index is 1.79. The number of likely N-dealkylation sites (tertiary alicyclic amines) is 1. The molecule has 1 aliphatic carbocycles. The van der Waals surface area contributed by atoms with E-state index in [1.54, 1.807) is 0 Å². The summed E-state index contributed by atoms with van der Waals surface area (Å²) in [6, 6.07) is 0.395. The van der Waals surface area contributed by atoms with Crippen molar-refractivity contribution in [3.63, 3.8) is 0 Å². The first-order chi connectivity index (χ1) is 4.76. The van der Waals surface area contributed by atoms with Crippen LogP contribution in [0.15, 0.2) is 0 Å². The maximum Gasteiger partial charge on any atom is 0.0584 e. The fourth-order valence-corrected chi connectivity index (χ4v) is 1.74. The van der Waals surface area contributed by atoms with E-state index >= 15 is 0 Å². The average molecular weight is 141 g/mol. The Morgan fingerprint density at radius 1 is 1.50 bits per heavy atom. The smallest absolute Gasteiger partial charge is 0.0584 e. The van der Waals surface area contributed by atoms with Gasteiger partial charge in [0.25, 0.3) is 0 Å². The van der Waals surface area contributed by atoms with Crippen LogP contribution in [0.1, 0.15) is 19.8 Å². The van der Waals surface area contributed by atoms with E-state index in [-0.39, 0.29) is 0 Å². The maximum atomic E-state index is 8.82. The van der Waals surface area contributed by atoms with E-state index in [2.05, 4.69) is 11.8 Å². The Morgan fingerprint density at radius 2 is 2.10 bits per heavy atom. The van der Waals surface area contributed by atoms with Crippen LogP contribution in [0.5, 0.6) is 0 Å². The van der Waals surface area contributed by atoms with Crippen molar-refractivity contribution in [1.82, 2.24) is 4.90 Å². The minimum Gasteiger partial charge on any atom is -0.395 e. The van der Waals surface area contributed by atoms with Gasteiger partial charge in [0.05, 0.1) is 6.61 Å². The molecule has 58 valence electrons. The molecule has 10 heavy (non-hydrogen) atoms. The van der Waals surface area contributed by atoms with Gasteiger partial charge in [-0.05, 0) is 25.2 Å². The fraction of sp³-hybridized carbons (Fsp3) is 1.00. The average Bonchev–Trinajstić information content (AvgIpc) is 2.61. The monoisotopic (exact) mass is 141 g/mol. The highest BCUT2D eigenvalue weighted by atomic mass is 16.3. The van der Waals surface area contributed by atoms with E-state index < -0.39 is 0 Å². The van der Waals surface area contributed by atoms with Crippen LogP contribution in [-0.2, 0) is 0 Å². The zero-order valence-corrected chi connectivity index (χ0v) is 6.51. The summed E-state index contributed by atoms with van der Waals surface area (Å²) in [5.41, 5.74) is 0.740. The maximum absolute atomic E-state index is 8.82. The van der Waals surface area contributed by atoms with Gasteiger partial charge in [0.15, 0.2) is 0 Å². The zero-order valence-electron chi connectivity index (χ0n) is 6.51. The summed E-state index contributed by atoms with van der Waals surface area (Å²) in [5, 5.41) is 8.82. The molecule has 0 aromatic carbocycles. The molecule has 1 aliphatic heterocycles. The van der Waals surface area contributed by atoms with Gasteiger partial charge in [-0.1, -0.05) is 0 Å². The molecule has 0 bridgehead atoms. The van der Waals surface area contributed by atoms with Crippen molar-refractivity contribution < 1.29 is 5.11 Å². The summed E-state index contributed by atoms with van der Waals surface area (Å²) in [4.78, 5) is 2.37. The second-order valence-corrected chi connectivity index (χ2v) is 3.94. The van der Waals surface area contributed by atoms with E-state index in [0.29, 0.717) is 12.6 Å². The van der Waals surface area contributed by atoms with Gasteiger partial charge in [-0.25, -0.2) is 0 Å². The molecule has 1 unspecified atom stereocenters. The lowest BCUT2D eigenvalue weighted by Crippen LogP contribution is -2.53. The Bertz CT molecular complexity index is 134. The van der Waals surface area contributed by atoms with Gasteiger partial charge in [0.2, 0.25) is 0 Å². The van der Waals surface area contributed by atoms with Crippen molar-refractivity contribution in [3.8, 4) is 0 Å². The number of aliphatic hydroxyl groups is 1. The van der Waals surface area contributed by atoms with Crippen LogP contribution in [0.25, 0.3) is 0 Å². The molecule has 2 aliphatic rings. The molecule has 2 fully saturated rings. The molecule has 1 atom stereocenters. The molecule has 2 nitrogen and oxygen atoms in total. The van der Waals surface area contributed by atoms with Gasteiger partial charge in [-0.3, -0.25) is 4.90 Å². The van der Waals surface area contributed by atoms with Crippen molar-refractivity contribution in [2.75, 3.05) is 19.7 Å². The molecule has 2 rings (SSSR count). The van der Waals surface area contributed by atoms with Gasteiger partial charge in [0.1, 0.15) is 0 Å². The highest BCUT2D eigenvalue weighted by molar-refractivity contribution is 5.06. The minimum absolute atomic E-state index is 0.316. The van der Waals surface area contributed by atoms with Crippen LogP contribution in [0.4, 0.5) is 0 Å². The van der Waals surface area contributed by atoms with Gasteiger partial charge < -0.3 is 5.11 Å². The predicted molar refractivity (Wildman–Crippen MR) is 39.8 cm³/mol. The van der Waals surface area contributed by atoms with E-state index in [9.17, 15) is 0 Å². The first-order valence-electron chi connectivity index (χ1n) is 4.11. The third-order valence-electron chi connectivity index (χ3n) is 2.92.